The smallest absolute Gasteiger partial charge is 0.340 e. The molecule has 1 aliphatic heterocycles. The van der Waals surface area contributed by atoms with Gasteiger partial charge < -0.3 is 19.4 Å². The molecule has 0 saturated carbocycles. The van der Waals surface area contributed by atoms with E-state index in [4.69, 9.17) is 9.47 Å². The number of sulfonamides is 1. The Morgan fingerprint density at radius 1 is 1.19 bits per heavy atom. The molecule has 2 aromatic rings. The van der Waals surface area contributed by atoms with Gasteiger partial charge in [0, 0.05) is 36.7 Å². The second-order valence-electron chi connectivity index (χ2n) is 7.61. The monoisotopic (exact) mass is 463 g/mol. The Kier molecular flexibility index (Phi) is 7.37. The van der Waals surface area contributed by atoms with Crippen molar-refractivity contribution in [3.8, 4) is 0 Å². The first kappa shape index (κ1) is 24.0. The molecule has 1 aliphatic rings. The number of hydrogen-bond acceptors (Lipinski definition) is 6. The number of ether oxygens (including phenoxy) is 2. The van der Waals surface area contributed by atoms with Crippen molar-refractivity contribution >= 4 is 27.6 Å². The van der Waals surface area contributed by atoms with Crippen LogP contribution in [0.4, 0.5) is 5.69 Å². The van der Waals surface area contributed by atoms with Gasteiger partial charge in [0.25, 0.3) is 5.91 Å². The molecular weight excluding hydrogens is 434 g/mol. The van der Waals surface area contributed by atoms with Crippen molar-refractivity contribution in [3.05, 3.63) is 47.3 Å². The molecule has 10 heteroatoms. The van der Waals surface area contributed by atoms with Gasteiger partial charge in [-0.1, -0.05) is 6.07 Å². The van der Waals surface area contributed by atoms with Gasteiger partial charge in [-0.15, -0.1) is 0 Å². The zero-order chi connectivity index (χ0) is 23.5. The first-order valence-electron chi connectivity index (χ1n) is 10.5. The molecule has 1 fully saturated rings. The molecule has 0 spiro atoms. The summed E-state index contributed by atoms with van der Waals surface area (Å²) in [6.45, 7) is 9.18. The lowest BCUT2D eigenvalue weighted by Crippen LogP contribution is -2.40. The van der Waals surface area contributed by atoms with Crippen molar-refractivity contribution in [1.29, 1.82) is 0 Å². The highest BCUT2D eigenvalue weighted by molar-refractivity contribution is 7.89. The summed E-state index contributed by atoms with van der Waals surface area (Å²) < 4.78 is 39.6. The van der Waals surface area contributed by atoms with Gasteiger partial charge in [0.15, 0.2) is 6.10 Å². The number of hydrogen-bond donors (Lipinski definition) is 1. The molecule has 2 heterocycles. The summed E-state index contributed by atoms with van der Waals surface area (Å²) in [4.78, 5) is 25.2. The van der Waals surface area contributed by atoms with Crippen LogP contribution in [0.1, 0.15) is 35.6 Å². The van der Waals surface area contributed by atoms with Gasteiger partial charge in [-0.2, -0.15) is 4.31 Å². The van der Waals surface area contributed by atoms with Gasteiger partial charge in [-0.3, -0.25) is 4.79 Å². The third kappa shape index (κ3) is 5.03. The lowest BCUT2D eigenvalue weighted by Gasteiger charge is -2.26. The Bertz CT molecular complexity index is 1100. The topological polar surface area (TPSA) is 107 Å². The maximum Gasteiger partial charge on any atom is 0.340 e. The van der Waals surface area contributed by atoms with Crippen molar-refractivity contribution in [2.45, 2.75) is 45.2 Å². The van der Waals surface area contributed by atoms with Crippen LogP contribution in [0.25, 0.3) is 0 Å². The molecule has 1 aromatic heterocycles. The number of amides is 1. The average molecular weight is 464 g/mol. The molecule has 1 aromatic carbocycles. The second-order valence-corrected chi connectivity index (χ2v) is 9.55. The molecule has 1 saturated heterocycles. The first-order chi connectivity index (χ1) is 15.1. The predicted octanol–water partition coefficient (Wildman–Crippen LogP) is 2.33. The third-order valence-corrected chi connectivity index (χ3v) is 7.37. The number of carbonyl (C=O) groups is 2. The van der Waals surface area contributed by atoms with Crippen LogP contribution in [-0.2, 0) is 30.8 Å². The molecule has 174 valence electrons. The van der Waals surface area contributed by atoms with E-state index >= 15 is 0 Å². The van der Waals surface area contributed by atoms with E-state index in [1.54, 1.807) is 18.2 Å². The summed E-state index contributed by atoms with van der Waals surface area (Å²) in [6, 6.07) is 7.75. The van der Waals surface area contributed by atoms with E-state index in [1.165, 1.54) is 23.4 Å². The van der Waals surface area contributed by atoms with E-state index in [9.17, 15) is 18.0 Å². The summed E-state index contributed by atoms with van der Waals surface area (Å²) in [5.74, 6) is -1.13. The SMILES string of the molecule is CCn1c(C)cc(C(=O)O[C@@H](C)C(=O)Nc2cccc(S(=O)(=O)N3CCOCC3)c2)c1C. The van der Waals surface area contributed by atoms with Gasteiger partial charge in [0.2, 0.25) is 10.0 Å². The number of nitrogens with zero attached hydrogens (tertiary/aromatic N) is 2. The number of benzene rings is 1. The normalized spacial score (nSPS) is 15.9. The fourth-order valence-corrected chi connectivity index (χ4v) is 5.14. The Morgan fingerprint density at radius 2 is 1.88 bits per heavy atom. The minimum atomic E-state index is -3.69. The molecule has 3 rings (SSSR count). The van der Waals surface area contributed by atoms with Crippen molar-refractivity contribution in [1.82, 2.24) is 8.87 Å². The number of carbonyl (C=O) groups excluding carboxylic acids is 2. The zero-order valence-electron chi connectivity index (χ0n) is 18.8. The number of esters is 1. The highest BCUT2D eigenvalue weighted by Crippen LogP contribution is 2.21. The fraction of sp³-hybridized carbons (Fsp3) is 0.455. The van der Waals surface area contributed by atoms with E-state index in [0.29, 0.717) is 24.5 Å². The fourth-order valence-electron chi connectivity index (χ4n) is 3.69. The highest BCUT2D eigenvalue weighted by Gasteiger charge is 2.27. The van der Waals surface area contributed by atoms with Crippen LogP contribution in [0, 0.1) is 13.8 Å². The van der Waals surface area contributed by atoms with Gasteiger partial charge >= 0.3 is 5.97 Å². The summed E-state index contributed by atoms with van der Waals surface area (Å²) in [6.07, 6.45) is -1.06. The van der Waals surface area contributed by atoms with Crippen molar-refractivity contribution in [2.75, 3.05) is 31.6 Å². The maximum atomic E-state index is 12.8. The number of aryl methyl sites for hydroxylation is 1. The standard InChI is InChI=1S/C22H29N3O6S/c1-5-25-15(2)13-20(16(25)3)22(27)31-17(4)21(26)23-18-7-6-8-19(14-18)32(28,29)24-9-11-30-12-10-24/h6-8,13-14,17H,5,9-12H2,1-4H3,(H,23,26)/t17-/m0/s1. The molecule has 1 N–H and O–H groups in total. The van der Waals surface area contributed by atoms with Gasteiger partial charge in [-0.25, -0.2) is 13.2 Å². The Labute approximate surface area is 188 Å². The van der Waals surface area contributed by atoms with Crippen LogP contribution in [0.5, 0.6) is 0 Å². The van der Waals surface area contributed by atoms with Gasteiger partial charge in [0.1, 0.15) is 0 Å². The minimum absolute atomic E-state index is 0.0776. The van der Waals surface area contributed by atoms with Crippen molar-refractivity contribution in [3.63, 3.8) is 0 Å². The molecular formula is C22H29N3O6S. The number of rotatable bonds is 7. The molecule has 1 amide bonds. The summed E-state index contributed by atoms with van der Waals surface area (Å²) in [7, 11) is -3.69. The van der Waals surface area contributed by atoms with E-state index in [-0.39, 0.29) is 18.0 Å². The third-order valence-electron chi connectivity index (χ3n) is 5.47. The minimum Gasteiger partial charge on any atom is -0.449 e. The quantitative estimate of drug-likeness (QED) is 0.632. The molecule has 32 heavy (non-hydrogen) atoms. The van der Waals surface area contributed by atoms with Gasteiger partial charge in [-0.05, 0) is 52.0 Å². The number of aromatic nitrogens is 1. The van der Waals surface area contributed by atoms with Crippen LogP contribution < -0.4 is 5.32 Å². The Balaban J connectivity index is 1.68. The van der Waals surface area contributed by atoms with Crippen LogP contribution in [-0.4, -0.2) is 61.6 Å². The average Bonchev–Trinajstić information content (AvgIpc) is 3.07. The second kappa shape index (κ2) is 9.85. The van der Waals surface area contributed by atoms with E-state index in [2.05, 4.69) is 5.32 Å². The Hall–Kier alpha value is -2.69. The van der Waals surface area contributed by atoms with Crippen LogP contribution in [0.3, 0.4) is 0 Å². The Morgan fingerprint density at radius 3 is 2.50 bits per heavy atom. The predicted molar refractivity (Wildman–Crippen MR) is 119 cm³/mol. The van der Waals surface area contributed by atoms with E-state index in [0.717, 1.165) is 17.9 Å². The maximum absolute atomic E-state index is 12.8. The van der Waals surface area contributed by atoms with Gasteiger partial charge in [0.05, 0.1) is 23.7 Å². The van der Waals surface area contributed by atoms with E-state index in [1.807, 2.05) is 25.3 Å². The number of nitrogens with one attached hydrogen (secondary N) is 1. The summed E-state index contributed by atoms with van der Waals surface area (Å²) in [5, 5.41) is 2.63. The molecule has 0 radical (unpaired) electrons. The summed E-state index contributed by atoms with van der Waals surface area (Å²) in [5.41, 5.74) is 2.44. The lowest BCUT2D eigenvalue weighted by molar-refractivity contribution is -0.123. The molecule has 9 nitrogen and oxygen atoms in total. The largest absolute Gasteiger partial charge is 0.449 e. The van der Waals surface area contributed by atoms with Crippen molar-refractivity contribution < 1.29 is 27.5 Å². The molecule has 0 unspecified atom stereocenters. The number of anilines is 1. The molecule has 0 aliphatic carbocycles. The summed E-state index contributed by atoms with van der Waals surface area (Å²) >= 11 is 0. The van der Waals surface area contributed by atoms with Crippen LogP contribution in [0.2, 0.25) is 0 Å². The van der Waals surface area contributed by atoms with Crippen molar-refractivity contribution in [2.24, 2.45) is 0 Å². The number of morpholine rings is 1. The van der Waals surface area contributed by atoms with E-state index < -0.39 is 28.0 Å². The molecule has 0 bridgehead atoms. The zero-order valence-corrected chi connectivity index (χ0v) is 19.6. The van der Waals surface area contributed by atoms with Crippen LogP contribution >= 0.6 is 0 Å². The molecule has 1 atom stereocenters. The van der Waals surface area contributed by atoms with Crippen LogP contribution in [0.15, 0.2) is 35.2 Å². The first-order valence-corrected chi connectivity index (χ1v) is 12.0. The lowest BCUT2D eigenvalue weighted by atomic mass is 10.2. The highest BCUT2D eigenvalue weighted by atomic mass is 32.2.